The minimum atomic E-state index is -0.336. The maximum Gasteiger partial charge on any atom is 0.243 e. The summed E-state index contributed by atoms with van der Waals surface area (Å²) in [7, 11) is 0. The van der Waals surface area contributed by atoms with E-state index in [2.05, 4.69) is 10.3 Å². The van der Waals surface area contributed by atoms with Crippen molar-refractivity contribution in [2.75, 3.05) is 6.61 Å². The fourth-order valence-corrected chi connectivity index (χ4v) is 2.43. The van der Waals surface area contributed by atoms with Crippen molar-refractivity contribution in [2.45, 2.75) is 39.3 Å². The zero-order valence-electron chi connectivity index (χ0n) is 12.8. The summed E-state index contributed by atoms with van der Waals surface area (Å²) in [5.41, 5.74) is 1.83. The Morgan fingerprint density at radius 3 is 2.71 bits per heavy atom. The number of aromatic nitrogens is 2. The molecule has 5 nitrogen and oxygen atoms in total. The third kappa shape index (κ3) is 3.42. The highest BCUT2D eigenvalue weighted by Crippen LogP contribution is 2.18. The molecule has 1 aromatic heterocycles. The van der Waals surface area contributed by atoms with Crippen LogP contribution in [0.2, 0.25) is 0 Å². The lowest BCUT2D eigenvalue weighted by Crippen LogP contribution is -2.42. The maximum absolute atomic E-state index is 12.4. The van der Waals surface area contributed by atoms with E-state index in [1.54, 1.807) is 6.33 Å². The van der Waals surface area contributed by atoms with E-state index in [1.165, 1.54) is 0 Å². The molecule has 2 unspecified atom stereocenters. The number of aliphatic hydroxyl groups excluding tert-OH is 1. The third-order valence-corrected chi connectivity index (χ3v) is 3.85. The van der Waals surface area contributed by atoms with Gasteiger partial charge in [0.25, 0.3) is 0 Å². The number of hydrogen-bond donors (Lipinski definition) is 2. The summed E-state index contributed by atoms with van der Waals surface area (Å²) in [6.45, 7) is 6.01. The zero-order valence-corrected chi connectivity index (χ0v) is 12.8. The number of imidazole rings is 1. The number of benzene rings is 1. The molecule has 0 aliphatic heterocycles. The number of carbonyl (C=O) groups is 1. The fraction of sp³-hybridized carbons (Fsp3) is 0.500. The van der Waals surface area contributed by atoms with Gasteiger partial charge in [-0.15, -0.1) is 0 Å². The van der Waals surface area contributed by atoms with Gasteiger partial charge in [0.15, 0.2) is 0 Å². The molecule has 0 saturated carbocycles. The lowest BCUT2D eigenvalue weighted by atomic mass is 10.0. The molecule has 0 fully saturated rings. The molecule has 1 amide bonds. The molecule has 2 rings (SSSR count). The Bertz CT molecular complexity index is 606. The van der Waals surface area contributed by atoms with E-state index in [1.807, 2.05) is 49.6 Å². The first-order valence-electron chi connectivity index (χ1n) is 7.37. The standard InChI is InChI=1S/C16H23N3O2/c1-11(2)13(8-9-20)18-16(21)12(3)19-10-17-14-6-4-5-7-15(14)19/h4-7,10-13,20H,8-9H2,1-3H3,(H,18,21). The van der Waals surface area contributed by atoms with Crippen LogP contribution in [-0.4, -0.2) is 33.2 Å². The van der Waals surface area contributed by atoms with Gasteiger partial charge >= 0.3 is 0 Å². The monoisotopic (exact) mass is 289 g/mol. The fourth-order valence-electron chi connectivity index (χ4n) is 2.43. The van der Waals surface area contributed by atoms with Gasteiger partial charge in [0.05, 0.1) is 17.4 Å². The molecule has 21 heavy (non-hydrogen) atoms. The summed E-state index contributed by atoms with van der Waals surface area (Å²) >= 11 is 0. The molecule has 0 saturated heterocycles. The highest BCUT2D eigenvalue weighted by molar-refractivity contribution is 5.83. The van der Waals surface area contributed by atoms with E-state index in [9.17, 15) is 4.79 Å². The average molecular weight is 289 g/mol. The minimum Gasteiger partial charge on any atom is -0.396 e. The highest BCUT2D eigenvalue weighted by Gasteiger charge is 2.21. The lowest BCUT2D eigenvalue weighted by molar-refractivity contribution is -0.124. The molecule has 0 radical (unpaired) electrons. The number of para-hydroxylation sites is 2. The van der Waals surface area contributed by atoms with Crippen molar-refractivity contribution in [2.24, 2.45) is 5.92 Å². The van der Waals surface area contributed by atoms with Crippen LogP contribution in [0.25, 0.3) is 11.0 Å². The van der Waals surface area contributed by atoms with E-state index in [-0.39, 0.29) is 30.5 Å². The van der Waals surface area contributed by atoms with Crippen molar-refractivity contribution in [1.29, 1.82) is 0 Å². The van der Waals surface area contributed by atoms with Crippen LogP contribution >= 0.6 is 0 Å². The van der Waals surface area contributed by atoms with Crippen LogP contribution in [0.3, 0.4) is 0 Å². The molecule has 1 heterocycles. The van der Waals surface area contributed by atoms with Gasteiger partial charge < -0.3 is 15.0 Å². The SMILES string of the molecule is CC(C)C(CCO)NC(=O)C(C)n1cnc2ccccc21. The molecule has 0 aliphatic carbocycles. The number of aliphatic hydroxyl groups is 1. The Morgan fingerprint density at radius 2 is 2.05 bits per heavy atom. The number of nitrogens with one attached hydrogen (secondary N) is 1. The molecule has 114 valence electrons. The minimum absolute atomic E-state index is 0.0141. The number of nitrogens with zero attached hydrogens (tertiary/aromatic N) is 2. The molecule has 0 spiro atoms. The molecular formula is C16H23N3O2. The molecule has 0 bridgehead atoms. The van der Waals surface area contributed by atoms with Crippen LogP contribution in [0.5, 0.6) is 0 Å². The Labute approximate surface area is 125 Å². The Hall–Kier alpha value is -1.88. The number of rotatable bonds is 6. The van der Waals surface area contributed by atoms with Crippen molar-refractivity contribution < 1.29 is 9.90 Å². The first-order chi connectivity index (χ1) is 10.0. The van der Waals surface area contributed by atoms with Gasteiger partial charge in [-0.05, 0) is 31.4 Å². The summed E-state index contributed by atoms with van der Waals surface area (Å²) < 4.78 is 1.88. The summed E-state index contributed by atoms with van der Waals surface area (Å²) in [6, 6.07) is 7.41. The molecule has 2 aromatic rings. The summed E-state index contributed by atoms with van der Waals surface area (Å²) in [6.07, 6.45) is 2.27. The number of fused-ring (bicyclic) bond motifs is 1. The van der Waals surface area contributed by atoms with Crippen LogP contribution in [0.1, 0.15) is 33.2 Å². The quantitative estimate of drug-likeness (QED) is 0.856. The van der Waals surface area contributed by atoms with Gasteiger partial charge in [-0.3, -0.25) is 4.79 Å². The van der Waals surface area contributed by atoms with Gasteiger partial charge in [-0.1, -0.05) is 26.0 Å². The maximum atomic E-state index is 12.4. The number of amides is 1. The second kappa shape index (κ2) is 6.72. The van der Waals surface area contributed by atoms with E-state index in [0.717, 1.165) is 11.0 Å². The van der Waals surface area contributed by atoms with Crippen LogP contribution in [0, 0.1) is 5.92 Å². The van der Waals surface area contributed by atoms with E-state index in [0.29, 0.717) is 6.42 Å². The molecule has 1 aromatic carbocycles. The summed E-state index contributed by atoms with van der Waals surface area (Å²) in [5.74, 6) is 0.234. The Balaban J connectivity index is 2.15. The predicted molar refractivity (Wildman–Crippen MR) is 82.9 cm³/mol. The van der Waals surface area contributed by atoms with Crippen molar-refractivity contribution in [3.8, 4) is 0 Å². The van der Waals surface area contributed by atoms with Crippen LogP contribution in [0.4, 0.5) is 0 Å². The average Bonchev–Trinajstić information content (AvgIpc) is 2.89. The van der Waals surface area contributed by atoms with Crippen LogP contribution < -0.4 is 5.32 Å². The van der Waals surface area contributed by atoms with Gasteiger partial charge in [0.2, 0.25) is 5.91 Å². The Kier molecular flexibility index (Phi) is 4.96. The van der Waals surface area contributed by atoms with E-state index < -0.39 is 0 Å². The van der Waals surface area contributed by atoms with Gasteiger partial charge in [-0.2, -0.15) is 0 Å². The molecule has 2 atom stereocenters. The van der Waals surface area contributed by atoms with Gasteiger partial charge in [-0.25, -0.2) is 4.98 Å². The highest BCUT2D eigenvalue weighted by atomic mass is 16.3. The largest absolute Gasteiger partial charge is 0.396 e. The second-order valence-corrected chi connectivity index (χ2v) is 5.69. The predicted octanol–water partition coefficient (Wildman–Crippen LogP) is 2.12. The Morgan fingerprint density at radius 1 is 1.33 bits per heavy atom. The van der Waals surface area contributed by atoms with Crippen LogP contribution in [-0.2, 0) is 4.79 Å². The number of hydrogen-bond acceptors (Lipinski definition) is 3. The van der Waals surface area contributed by atoms with E-state index >= 15 is 0 Å². The molecular weight excluding hydrogens is 266 g/mol. The topological polar surface area (TPSA) is 67.2 Å². The molecule has 2 N–H and O–H groups in total. The second-order valence-electron chi connectivity index (χ2n) is 5.69. The van der Waals surface area contributed by atoms with Crippen molar-refractivity contribution >= 4 is 16.9 Å². The smallest absolute Gasteiger partial charge is 0.243 e. The summed E-state index contributed by atoms with van der Waals surface area (Å²) in [4.78, 5) is 16.7. The lowest BCUT2D eigenvalue weighted by Gasteiger charge is -2.24. The van der Waals surface area contributed by atoms with Crippen molar-refractivity contribution in [3.63, 3.8) is 0 Å². The van der Waals surface area contributed by atoms with E-state index in [4.69, 9.17) is 5.11 Å². The molecule has 5 heteroatoms. The van der Waals surface area contributed by atoms with Crippen molar-refractivity contribution in [1.82, 2.24) is 14.9 Å². The first-order valence-corrected chi connectivity index (χ1v) is 7.37. The zero-order chi connectivity index (χ0) is 15.4. The summed E-state index contributed by atoms with van der Waals surface area (Å²) in [5, 5.41) is 12.1. The van der Waals surface area contributed by atoms with Gasteiger partial charge in [0, 0.05) is 12.6 Å². The van der Waals surface area contributed by atoms with Crippen molar-refractivity contribution in [3.05, 3.63) is 30.6 Å². The van der Waals surface area contributed by atoms with Gasteiger partial charge in [0.1, 0.15) is 6.04 Å². The number of carbonyl (C=O) groups excluding carboxylic acids is 1. The van der Waals surface area contributed by atoms with Crippen LogP contribution in [0.15, 0.2) is 30.6 Å². The first kappa shape index (κ1) is 15.5. The normalized spacial score (nSPS) is 14.3. The molecule has 0 aliphatic rings. The third-order valence-electron chi connectivity index (χ3n) is 3.85.